The van der Waals surface area contributed by atoms with Crippen molar-refractivity contribution in [1.29, 1.82) is 0 Å². The van der Waals surface area contributed by atoms with Gasteiger partial charge in [-0.15, -0.1) is 6.42 Å². The van der Waals surface area contributed by atoms with Gasteiger partial charge >= 0.3 is 6.18 Å². The van der Waals surface area contributed by atoms with E-state index in [0.717, 1.165) is 6.08 Å². The molecular weight excluding hydrogens is 169 g/mol. The first-order chi connectivity index (χ1) is 5.37. The Morgan fingerprint density at radius 3 is 2.50 bits per heavy atom. The lowest BCUT2D eigenvalue weighted by Crippen LogP contribution is -2.08. The van der Waals surface area contributed by atoms with Crippen LogP contribution in [-0.2, 0) is 0 Å². The summed E-state index contributed by atoms with van der Waals surface area (Å²) in [6, 6.07) is 0. The van der Waals surface area contributed by atoms with Crippen molar-refractivity contribution in [2.75, 3.05) is 0 Å². The molecule has 0 aliphatic carbocycles. The van der Waals surface area contributed by atoms with Crippen LogP contribution < -0.4 is 0 Å². The molecule has 0 aliphatic heterocycles. The smallest absolute Gasteiger partial charge is 0.376 e. The van der Waals surface area contributed by atoms with Crippen molar-refractivity contribution in [1.82, 2.24) is 0 Å². The molecule has 0 rings (SSSR count). The van der Waals surface area contributed by atoms with Crippen molar-refractivity contribution in [3.05, 3.63) is 11.6 Å². The van der Waals surface area contributed by atoms with Crippen LogP contribution >= 0.6 is 0 Å². The van der Waals surface area contributed by atoms with Crippen LogP contribution in [0.2, 0.25) is 0 Å². The van der Waals surface area contributed by atoms with E-state index in [1.54, 1.807) is 0 Å². The number of hydrogen-bond acceptors (Lipinski definition) is 1. The molecule has 0 spiro atoms. The number of allylic oxidation sites excluding steroid dienone is 1. The Labute approximate surface area is 68.9 Å². The summed E-state index contributed by atoms with van der Waals surface area (Å²) >= 11 is 0. The molecule has 1 N–H and O–H groups in total. The predicted octanol–water partition coefficient (Wildman–Crippen LogP) is 1.88. The van der Waals surface area contributed by atoms with Gasteiger partial charge in [0.1, 0.15) is 6.10 Å². The normalized spacial score (nSPS) is 15.5. The van der Waals surface area contributed by atoms with Gasteiger partial charge in [0.25, 0.3) is 0 Å². The molecule has 0 aromatic carbocycles. The van der Waals surface area contributed by atoms with E-state index < -0.39 is 18.7 Å². The maximum Gasteiger partial charge on any atom is 0.392 e. The highest BCUT2D eigenvalue weighted by atomic mass is 19.4. The number of hydrogen-bond donors (Lipinski definition) is 1. The van der Waals surface area contributed by atoms with Crippen molar-refractivity contribution < 1.29 is 18.3 Å². The minimum Gasteiger partial charge on any atom is -0.376 e. The maximum atomic E-state index is 11.6. The van der Waals surface area contributed by atoms with Gasteiger partial charge in [-0.2, -0.15) is 13.2 Å². The summed E-state index contributed by atoms with van der Waals surface area (Å²) in [5.41, 5.74) is 0.148. The van der Waals surface area contributed by atoms with Crippen LogP contribution in [0, 0.1) is 12.3 Å². The number of halogens is 3. The molecule has 0 aromatic heterocycles. The Hall–Kier alpha value is -0.950. The summed E-state index contributed by atoms with van der Waals surface area (Å²) < 4.78 is 34.8. The lowest BCUT2D eigenvalue weighted by molar-refractivity contribution is -0.125. The van der Waals surface area contributed by atoms with Crippen molar-refractivity contribution in [2.45, 2.75) is 25.6 Å². The minimum absolute atomic E-state index is 0.148. The average molecular weight is 178 g/mol. The van der Waals surface area contributed by atoms with Gasteiger partial charge in [0, 0.05) is 0 Å². The van der Waals surface area contributed by atoms with E-state index >= 15 is 0 Å². The molecule has 1 nitrogen and oxygen atoms in total. The molecule has 1 atom stereocenters. The number of alkyl halides is 3. The number of rotatable bonds is 2. The van der Waals surface area contributed by atoms with E-state index in [1.807, 2.05) is 5.92 Å². The third-order valence-electron chi connectivity index (χ3n) is 1.24. The van der Waals surface area contributed by atoms with Gasteiger partial charge in [-0.05, 0) is 12.5 Å². The molecule has 1 unspecified atom stereocenters. The molecule has 68 valence electrons. The van der Waals surface area contributed by atoms with Gasteiger partial charge in [-0.25, -0.2) is 0 Å². The molecule has 0 aromatic rings. The van der Waals surface area contributed by atoms with Crippen molar-refractivity contribution >= 4 is 0 Å². The number of terminal acetylenes is 1. The second-order valence-corrected chi connectivity index (χ2v) is 2.34. The van der Waals surface area contributed by atoms with Crippen LogP contribution in [0.25, 0.3) is 0 Å². The average Bonchev–Trinajstić information content (AvgIpc) is 1.97. The monoisotopic (exact) mass is 178 g/mol. The quantitative estimate of drug-likeness (QED) is 0.505. The first kappa shape index (κ1) is 11.1. The molecule has 12 heavy (non-hydrogen) atoms. The third kappa shape index (κ3) is 4.80. The van der Waals surface area contributed by atoms with Crippen LogP contribution in [0.4, 0.5) is 13.2 Å². The fourth-order valence-corrected chi connectivity index (χ4v) is 0.520. The summed E-state index contributed by atoms with van der Waals surface area (Å²) in [5, 5.41) is 8.85. The van der Waals surface area contributed by atoms with Crippen LogP contribution in [0.15, 0.2) is 11.6 Å². The van der Waals surface area contributed by atoms with Gasteiger partial charge in [-0.3, -0.25) is 0 Å². The first-order valence-corrected chi connectivity index (χ1v) is 3.24. The standard InChI is InChI=1S/C8H9F3O/c1-3-7(12)6(2)4-5-8(9,10)11/h1,4,7,12H,5H2,2H3/b6-4+. The zero-order valence-corrected chi connectivity index (χ0v) is 6.52. The van der Waals surface area contributed by atoms with Crippen molar-refractivity contribution in [2.24, 2.45) is 0 Å². The van der Waals surface area contributed by atoms with Crippen molar-refractivity contribution in [3.63, 3.8) is 0 Å². The van der Waals surface area contributed by atoms with E-state index in [4.69, 9.17) is 11.5 Å². The van der Waals surface area contributed by atoms with E-state index in [9.17, 15) is 13.2 Å². The van der Waals surface area contributed by atoms with Crippen molar-refractivity contribution in [3.8, 4) is 12.3 Å². The van der Waals surface area contributed by atoms with Gasteiger partial charge in [-0.1, -0.05) is 12.0 Å². The molecule has 0 amide bonds. The Morgan fingerprint density at radius 2 is 2.17 bits per heavy atom. The van der Waals surface area contributed by atoms with Crippen LogP contribution in [0.5, 0.6) is 0 Å². The Bertz CT molecular complexity index is 209. The van der Waals surface area contributed by atoms with Crippen LogP contribution in [-0.4, -0.2) is 17.4 Å². The fourth-order valence-electron chi connectivity index (χ4n) is 0.520. The predicted molar refractivity (Wildman–Crippen MR) is 39.3 cm³/mol. The second-order valence-electron chi connectivity index (χ2n) is 2.34. The second kappa shape index (κ2) is 4.17. The van der Waals surface area contributed by atoms with Gasteiger partial charge in [0.15, 0.2) is 0 Å². The summed E-state index contributed by atoms with van der Waals surface area (Å²) in [5.74, 6) is 1.92. The summed E-state index contributed by atoms with van der Waals surface area (Å²) in [6.07, 6.45) is -0.844. The highest BCUT2D eigenvalue weighted by molar-refractivity contribution is 5.16. The zero-order chi connectivity index (χ0) is 9.78. The summed E-state index contributed by atoms with van der Waals surface area (Å²) in [7, 11) is 0. The van der Waals surface area contributed by atoms with E-state index in [1.165, 1.54) is 6.92 Å². The van der Waals surface area contributed by atoms with Gasteiger partial charge in [0.05, 0.1) is 6.42 Å². The highest BCUT2D eigenvalue weighted by Crippen LogP contribution is 2.21. The highest BCUT2D eigenvalue weighted by Gasteiger charge is 2.25. The number of aliphatic hydroxyl groups is 1. The Kier molecular flexibility index (Phi) is 3.84. The first-order valence-electron chi connectivity index (χ1n) is 3.24. The third-order valence-corrected chi connectivity index (χ3v) is 1.24. The molecule has 0 bridgehead atoms. The fraction of sp³-hybridized carbons (Fsp3) is 0.500. The van der Waals surface area contributed by atoms with Crippen LogP contribution in [0.1, 0.15) is 13.3 Å². The van der Waals surface area contributed by atoms with E-state index in [2.05, 4.69) is 0 Å². The summed E-state index contributed by atoms with van der Waals surface area (Å²) in [6.45, 7) is 1.36. The Morgan fingerprint density at radius 1 is 1.67 bits per heavy atom. The van der Waals surface area contributed by atoms with Gasteiger partial charge in [0.2, 0.25) is 0 Å². The topological polar surface area (TPSA) is 20.2 Å². The molecule has 4 heteroatoms. The van der Waals surface area contributed by atoms with E-state index in [-0.39, 0.29) is 5.57 Å². The molecule has 0 heterocycles. The lowest BCUT2D eigenvalue weighted by Gasteiger charge is -2.05. The SMILES string of the molecule is C#CC(O)/C(C)=C/CC(F)(F)F. The Balaban J connectivity index is 4.12. The largest absolute Gasteiger partial charge is 0.392 e. The molecule has 0 saturated carbocycles. The molecule has 0 radical (unpaired) electrons. The van der Waals surface area contributed by atoms with Crippen LogP contribution in [0.3, 0.4) is 0 Å². The molecule has 0 saturated heterocycles. The lowest BCUT2D eigenvalue weighted by atomic mass is 10.1. The maximum absolute atomic E-state index is 11.6. The molecule has 0 aliphatic rings. The molecular formula is C8H9F3O. The number of aliphatic hydroxyl groups excluding tert-OH is 1. The summed E-state index contributed by atoms with van der Waals surface area (Å²) in [4.78, 5) is 0. The zero-order valence-electron chi connectivity index (χ0n) is 6.52. The van der Waals surface area contributed by atoms with Gasteiger partial charge < -0.3 is 5.11 Å². The molecule has 0 fully saturated rings. The van der Waals surface area contributed by atoms with E-state index in [0.29, 0.717) is 0 Å². The minimum atomic E-state index is -4.24.